The molecule has 9 heteroatoms. The molecule has 0 radical (unpaired) electrons. The van der Waals surface area contributed by atoms with Gasteiger partial charge in [0.05, 0.1) is 12.8 Å². The van der Waals surface area contributed by atoms with E-state index in [1.807, 2.05) is 0 Å². The fourth-order valence-corrected chi connectivity index (χ4v) is 4.51. The van der Waals surface area contributed by atoms with Gasteiger partial charge in [0, 0.05) is 24.2 Å². The van der Waals surface area contributed by atoms with E-state index in [0.29, 0.717) is 11.4 Å². The van der Waals surface area contributed by atoms with E-state index in [0.717, 1.165) is 32.1 Å². The topological polar surface area (TPSA) is 120 Å². The van der Waals surface area contributed by atoms with Crippen molar-refractivity contribution in [3.8, 4) is 11.5 Å². The van der Waals surface area contributed by atoms with Crippen molar-refractivity contribution in [1.29, 1.82) is 0 Å². The lowest BCUT2D eigenvalue weighted by atomic mass is 9.83. The fraction of sp³-hybridized carbons (Fsp3) is 0.562. The largest absolute Gasteiger partial charge is 0.495 e. The minimum atomic E-state index is -3.84. The molecule has 0 saturated heterocycles. The Labute approximate surface area is 147 Å². The number of methoxy groups -OCH3 is 1. The fourth-order valence-electron chi connectivity index (χ4n) is 3.21. The highest BCUT2D eigenvalue weighted by Gasteiger charge is 2.31. The second-order valence-electron chi connectivity index (χ2n) is 6.58. The molecule has 1 aliphatic heterocycles. The van der Waals surface area contributed by atoms with Gasteiger partial charge >= 0.3 is 0 Å². The van der Waals surface area contributed by atoms with Crippen molar-refractivity contribution >= 4 is 21.6 Å². The van der Waals surface area contributed by atoms with Crippen LogP contribution >= 0.6 is 0 Å². The maximum atomic E-state index is 12.8. The molecule has 25 heavy (non-hydrogen) atoms. The molecular weight excluding hydrogens is 346 g/mol. The van der Waals surface area contributed by atoms with Gasteiger partial charge in [-0.2, -0.15) is 0 Å². The third-order valence-electron chi connectivity index (χ3n) is 4.65. The van der Waals surface area contributed by atoms with E-state index in [1.54, 1.807) is 0 Å². The zero-order valence-corrected chi connectivity index (χ0v) is 14.9. The van der Waals surface area contributed by atoms with Crippen molar-refractivity contribution in [3.05, 3.63) is 12.1 Å². The molecule has 1 aromatic carbocycles. The zero-order chi connectivity index (χ0) is 18.1. The molecule has 1 aromatic rings. The van der Waals surface area contributed by atoms with Crippen molar-refractivity contribution < 1.29 is 22.7 Å². The molecule has 2 aliphatic rings. The van der Waals surface area contributed by atoms with E-state index in [9.17, 15) is 13.2 Å². The van der Waals surface area contributed by atoms with Crippen molar-refractivity contribution in [1.82, 2.24) is 4.72 Å². The summed E-state index contributed by atoms with van der Waals surface area (Å²) in [5, 5.41) is 2.62. The van der Waals surface area contributed by atoms with Crippen LogP contribution in [0.3, 0.4) is 0 Å². The van der Waals surface area contributed by atoms with E-state index in [4.69, 9.17) is 15.2 Å². The number of hydrogen-bond acceptors (Lipinski definition) is 6. The summed E-state index contributed by atoms with van der Waals surface area (Å²) in [6.45, 7) is 0.0192. The van der Waals surface area contributed by atoms with Crippen LogP contribution in [0, 0.1) is 0 Å². The number of fused-ring (bicyclic) bond motifs is 1. The predicted molar refractivity (Wildman–Crippen MR) is 92.3 cm³/mol. The number of ether oxygens (including phenoxy) is 2. The average molecular weight is 369 g/mol. The van der Waals surface area contributed by atoms with Crippen LogP contribution in [-0.2, 0) is 14.8 Å². The van der Waals surface area contributed by atoms with Gasteiger partial charge in [-0.25, -0.2) is 13.1 Å². The smallest absolute Gasteiger partial charge is 0.262 e. The van der Waals surface area contributed by atoms with Gasteiger partial charge in [0.1, 0.15) is 16.4 Å². The Bertz CT molecular complexity index is 772. The molecule has 3 rings (SSSR count). The monoisotopic (exact) mass is 369 g/mol. The molecule has 8 nitrogen and oxygen atoms in total. The van der Waals surface area contributed by atoms with Crippen molar-refractivity contribution in [2.75, 3.05) is 25.6 Å². The Kier molecular flexibility index (Phi) is 4.90. The van der Waals surface area contributed by atoms with E-state index in [2.05, 4.69) is 10.0 Å². The normalized spacial score (nSPS) is 19.5. The third kappa shape index (κ3) is 3.88. The molecule has 138 valence electrons. The molecule has 1 fully saturated rings. The number of carbonyl (C=O) groups excluding carboxylic acids is 1. The lowest BCUT2D eigenvalue weighted by Gasteiger charge is -2.33. The molecule has 1 aliphatic carbocycles. The number of nitrogens with two attached hydrogens (primary N) is 1. The molecule has 1 saturated carbocycles. The number of carbonyl (C=O) groups is 1. The first-order valence-electron chi connectivity index (χ1n) is 8.26. The van der Waals surface area contributed by atoms with Crippen LogP contribution in [0.25, 0.3) is 0 Å². The van der Waals surface area contributed by atoms with Crippen LogP contribution in [-0.4, -0.2) is 40.1 Å². The van der Waals surface area contributed by atoms with Gasteiger partial charge in [-0.05, 0) is 12.8 Å². The third-order valence-corrected chi connectivity index (χ3v) is 6.07. The zero-order valence-electron chi connectivity index (χ0n) is 14.1. The average Bonchev–Trinajstić information content (AvgIpc) is 2.59. The molecule has 1 amide bonds. The molecule has 0 spiro atoms. The second-order valence-corrected chi connectivity index (χ2v) is 8.32. The molecule has 0 unspecified atom stereocenters. The lowest BCUT2D eigenvalue weighted by molar-refractivity contribution is -0.118. The number of nitrogens with one attached hydrogen (secondary N) is 2. The standard InChI is InChI=1S/C16H23N3O5S/c1-23-13-7-11-12(24-9-15(20)19-11)8-14(13)25(21,22)18-10-16(17)5-3-2-4-6-16/h7-8,18H,2-6,9-10,17H2,1H3,(H,19,20). The summed E-state index contributed by atoms with van der Waals surface area (Å²) < 4.78 is 38.6. The van der Waals surface area contributed by atoms with E-state index >= 15 is 0 Å². The number of sulfonamides is 1. The summed E-state index contributed by atoms with van der Waals surface area (Å²) in [5.41, 5.74) is 6.18. The number of benzene rings is 1. The SMILES string of the molecule is COc1cc2c(cc1S(=O)(=O)NCC1(N)CCCCC1)OCC(=O)N2. The van der Waals surface area contributed by atoms with Crippen LogP contribution in [0.4, 0.5) is 5.69 Å². The van der Waals surface area contributed by atoms with Crippen LogP contribution in [0.15, 0.2) is 17.0 Å². The van der Waals surface area contributed by atoms with Crippen LogP contribution in [0.2, 0.25) is 0 Å². The van der Waals surface area contributed by atoms with Gasteiger partial charge in [0.2, 0.25) is 10.0 Å². The van der Waals surface area contributed by atoms with Gasteiger partial charge in [0.25, 0.3) is 5.91 Å². The first kappa shape index (κ1) is 18.0. The Morgan fingerprint density at radius 1 is 1.32 bits per heavy atom. The number of rotatable bonds is 5. The molecule has 1 heterocycles. The number of anilines is 1. The molecule has 0 bridgehead atoms. The lowest BCUT2D eigenvalue weighted by Crippen LogP contribution is -2.51. The van der Waals surface area contributed by atoms with Crippen LogP contribution < -0.4 is 25.2 Å². The predicted octanol–water partition coefficient (Wildman–Crippen LogP) is 0.966. The van der Waals surface area contributed by atoms with Crippen LogP contribution in [0.5, 0.6) is 11.5 Å². The molecule has 0 aromatic heterocycles. The Morgan fingerprint density at radius 3 is 2.72 bits per heavy atom. The number of amides is 1. The Morgan fingerprint density at radius 2 is 2.04 bits per heavy atom. The number of hydrogen-bond donors (Lipinski definition) is 3. The maximum Gasteiger partial charge on any atom is 0.262 e. The highest BCUT2D eigenvalue weighted by molar-refractivity contribution is 7.89. The summed E-state index contributed by atoms with van der Waals surface area (Å²) in [6.07, 6.45) is 4.74. The first-order chi connectivity index (χ1) is 11.8. The molecule has 0 atom stereocenters. The quantitative estimate of drug-likeness (QED) is 0.711. The van der Waals surface area contributed by atoms with Crippen molar-refractivity contribution in [2.45, 2.75) is 42.5 Å². The molecular formula is C16H23N3O5S. The molecule has 4 N–H and O–H groups in total. The highest BCUT2D eigenvalue weighted by Crippen LogP contribution is 2.37. The minimum absolute atomic E-state index is 0.0377. The summed E-state index contributed by atoms with van der Waals surface area (Å²) in [4.78, 5) is 11.4. The van der Waals surface area contributed by atoms with Gasteiger partial charge in [-0.1, -0.05) is 19.3 Å². The van der Waals surface area contributed by atoms with Crippen molar-refractivity contribution in [3.63, 3.8) is 0 Å². The summed E-state index contributed by atoms with van der Waals surface area (Å²) in [5.74, 6) is 0.123. The van der Waals surface area contributed by atoms with Crippen molar-refractivity contribution in [2.24, 2.45) is 5.73 Å². The highest BCUT2D eigenvalue weighted by atomic mass is 32.2. The van der Waals surface area contributed by atoms with Gasteiger partial charge in [-0.3, -0.25) is 4.79 Å². The summed E-state index contributed by atoms with van der Waals surface area (Å²) >= 11 is 0. The van der Waals surface area contributed by atoms with E-state index in [-0.39, 0.29) is 29.7 Å². The summed E-state index contributed by atoms with van der Waals surface area (Å²) in [6, 6.07) is 2.81. The summed E-state index contributed by atoms with van der Waals surface area (Å²) in [7, 11) is -2.46. The van der Waals surface area contributed by atoms with Crippen LogP contribution in [0.1, 0.15) is 32.1 Å². The Hall–Kier alpha value is -1.84. The van der Waals surface area contributed by atoms with Gasteiger partial charge in [0.15, 0.2) is 6.61 Å². The second kappa shape index (κ2) is 6.81. The maximum absolute atomic E-state index is 12.8. The van der Waals surface area contributed by atoms with E-state index < -0.39 is 15.6 Å². The Balaban J connectivity index is 1.85. The van der Waals surface area contributed by atoms with Gasteiger partial charge < -0.3 is 20.5 Å². The van der Waals surface area contributed by atoms with E-state index in [1.165, 1.54) is 19.2 Å². The van der Waals surface area contributed by atoms with Gasteiger partial charge in [-0.15, -0.1) is 0 Å². The first-order valence-corrected chi connectivity index (χ1v) is 9.75. The minimum Gasteiger partial charge on any atom is -0.495 e.